The van der Waals surface area contributed by atoms with Crippen LogP contribution in [0.1, 0.15) is 66.2 Å². The minimum Gasteiger partial charge on any atom is -0.468 e. The van der Waals surface area contributed by atoms with Crippen LogP contribution >= 0.6 is 0 Å². The zero-order valence-corrected chi connectivity index (χ0v) is 17.3. The van der Waals surface area contributed by atoms with Crippen molar-refractivity contribution in [2.75, 3.05) is 20.2 Å². The molecule has 0 saturated carbocycles. The minimum absolute atomic E-state index is 0.0568. The number of esters is 1. The molecule has 0 aromatic carbocycles. The third-order valence-electron chi connectivity index (χ3n) is 5.53. The van der Waals surface area contributed by atoms with Crippen LogP contribution in [0.15, 0.2) is 16.8 Å². The molecule has 3 heterocycles. The number of methoxy groups -OCH3 is 1. The van der Waals surface area contributed by atoms with Gasteiger partial charge in [-0.1, -0.05) is 40.5 Å². The van der Waals surface area contributed by atoms with Crippen molar-refractivity contribution < 1.29 is 9.53 Å². The second-order valence-electron chi connectivity index (χ2n) is 7.82. The number of carbonyl (C=O) groups excluding carboxylic acids is 1. The van der Waals surface area contributed by atoms with Gasteiger partial charge in [0.05, 0.1) is 19.5 Å². The predicted molar refractivity (Wildman–Crippen MR) is 107 cm³/mol. The van der Waals surface area contributed by atoms with Crippen LogP contribution in [0.5, 0.6) is 0 Å². The Morgan fingerprint density at radius 1 is 1.38 bits per heavy atom. The molecular weight excluding hydrogens is 326 g/mol. The molecule has 4 atom stereocenters. The quantitative estimate of drug-likeness (QED) is 0.696. The van der Waals surface area contributed by atoms with Gasteiger partial charge in [0, 0.05) is 24.7 Å². The summed E-state index contributed by atoms with van der Waals surface area (Å²) >= 11 is 0. The van der Waals surface area contributed by atoms with E-state index in [0.717, 1.165) is 32.4 Å². The molecule has 0 radical (unpaired) electrons. The van der Waals surface area contributed by atoms with Crippen LogP contribution in [-0.4, -0.2) is 60.4 Å². The summed E-state index contributed by atoms with van der Waals surface area (Å²) in [6.45, 7) is 10.7. The maximum atomic E-state index is 12.0. The van der Waals surface area contributed by atoms with Crippen molar-refractivity contribution in [3.8, 4) is 0 Å². The molecule has 0 aromatic rings. The lowest BCUT2D eigenvalue weighted by atomic mass is 9.95. The summed E-state index contributed by atoms with van der Waals surface area (Å²) in [5.74, 6) is 0.518. The van der Waals surface area contributed by atoms with Crippen LogP contribution in [0, 0.1) is 5.92 Å². The van der Waals surface area contributed by atoms with E-state index in [4.69, 9.17) is 9.73 Å². The Labute approximate surface area is 159 Å². The van der Waals surface area contributed by atoms with Crippen LogP contribution in [-0.2, 0) is 9.53 Å². The van der Waals surface area contributed by atoms with Crippen molar-refractivity contribution in [1.29, 1.82) is 0 Å². The molecule has 0 aliphatic carbocycles. The van der Waals surface area contributed by atoms with Gasteiger partial charge in [-0.15, -0.1) is 0 Å². The Kier molecular flexibility index (Phi) is 8.14. The Balaban J connectivity index is 0.000000758. The summed E-state index contributed by atoms with van der Waals surface area (Å²) in [6.07, 6.45) is 11.1. The van der Waals surface area contributed by atoms with Gasteiger partial charge in [-0.25, -0.2) is 0 Å². The summed E-state index contributed by atoms with van der Waals surface area (Å²) in [7, 11) is 1.49. The number of nitrogens with zero attached hydrogens (tertiary/aromatic N) is 3. The summed E-state index contributed by atoms with van der Waals surface area (Å²) in [5, 5.41) is 0. The van der Waals surface area contributed by atoms with Crippen LogP contribution in [0.2, 0.25) is 0 Å². The fourth-order valence-corrected chi connectivity index (χ4v) is 4.22. The van der Waals surface area contributed by atoms with Crippen LogP contribution < -0.4 is 0 Å². The molecule has 3 rings (SSSR count). The zero-order chi connectivity index (χ0) is 19.1. The van der Waals surface area contributed by atoms with E-state index in [-0.39, 0.29) is 12.0 Å². The van der Waals surface area contributed by atoms with E-state index in [9.17, 15) is 4.79 Å². The largest absolute Gasteiger partial charge is 0.468 e. The molecule has 3 aliphatic heterocycles. The van der Waals surface area contributed by atoms with E-state index in [2.05, 4.69) is 43.6 Å². The van der Waals surface area contributed by atoms with E-state index in [0.29, 0.717) is 18.0 Å². The van der Waals surface area contributed by atoms with Gasteiger partial charge in [0.1, 0.15) is 6.04 Å². The van der Waals surface area contributed by atoms with Crippen molar-refractivity contribution in [3.05, 3.63) is 11.8 Å². The standard InChI is InChI=1S/C18H29N3O2.C3H8/c1-4-6-13(2)16-10-14-9-15(11-20(14)12-19-16)21-8-5-7-17(21)18(22)23-3;1-3-2/h10,12-13,15-17H,4-9,11H2,1-3H3;3H2,1-2H3. The molecule has 5 heteroatoms. The van der Waals surface area contributed by atoms with Crippen LogP contribution in [0.3, 0.4) is 0 Å². The van der Waals surface area contributed by atoms with Crippen LogP contribution in [0.4, 0.5) is 0 Å². The highest BCUT2D eigenvalue weighted by Gasteiger charge is 2.40. The molecule has 3 aliphatic rings. The number of likely N-dealkylation sites (tertiary alicyclic amines) is 1. The van der Waals surface area contributed by atoms with Gasteiger partial charge in [0.15, 0.2) is 0 Å². The highest BCUT2D eigenvalue weighted by molar-refractivity contribution is 5.76. The normalized spacial score (nSPS) is 28.9. The third-order valence-corrected chi connectivity index (χ3v) is 5.53. The Hall–Kier alpha value is -1.36. The van der Waals surface area contributed by atoms with Crippen molar-refractivity contribution in [2.45, 2.75) is 84.3 Å². The molecule has 0 spiro atoms. The molecule has 148 valence electrons. The van der Waals surface area contributed by atoms with Gasteiger partial charge in [-0.2, -0.15) is 0 Å². The second kappa shape index (κ2) is 10.1. The Morgan fingerprint density at radius 3 is 2.77 bits per heavy atom. The van der Waals surface area contributed by atoms with Gasteiger partial charge in [0.2, 0.25) is 0 Å². The molecule has 2 fully saturated rings. The van der Waals surface area contributed by atoms with Crippen LogP contribution in [0.25, 0.3) is 0 Å². The van der Waals surface area contributed by atoms with Crippen molar-refractivity contribution in [1.82, 2.24) is 9.80 Å². The lowest BCUT2D eigenvalue weighted by Crippen LogP contribution is -2.44. The maximum absolute atomic E-state index is 12.0. The summed E-state index contributed by atoms with van der Waals surface area (Å²) in [6, 6.07) is 0.660. The number of aliphatic imine (C=N–C) groups is 1. The van der Waals surface area contributed by atoms with Crippen molar-refractivity contribution >= 4 is 12.3 Å². The van der Waals surface area contributed by atoms with Crippen molar-refractivity contribution in [3.63, 3.8) is 0 Å². The van der Waals surface area contributed by atoms with E-state index in [1.165, 1.54) is 32.1 Å². The highest BCUT2D eigenvalue weighted by atomic mass is 16.5. The molecule has 0 N–H and O–H groups in total. The fourth-order valence-electron chi connectivity index (χ4n) is 4.22. The zero-order valence-electron chi connectivity index (χ0n) is 17.3. The smallest absolute Gasteiger partial charge is 0.323 e. The van der Waals surface area contributed by atoms with Gasteiger partial charge >= 0.3 is 5.97 Å². The monoisotopic (exact) mass is 363 g/mol. The lowest BCUT2D eigenvalue weighted by molar-refractivity contribution is -0.146. The maximum Gasteiger partial charge on any atom is 0.323 e. The average Bonchev–Trinajstić information content (AvgIpc) is 3.27. The molecule has 0 aromatic heterocycles. The van der Waals surface area contributed by atoms with Gasteiger partial charge in [0.25, 0.3) is 0 Å². The highest BCUT2D eigenvalue weighted by Crippen LogP contribution is 2.33. The lowest BCUT2D eigenvalue weighted by Gasteiger charge is -2.28. The molecule has 0 bridgehead atoms. The molecule has 5 nitrogen and oxygen atoms in total. The topological polar surface area (TPSA) is 45.1 Å². The number of hydrogen-bond acceptors (Lipinski definition) is 5. The van der Waals surface area contributed by atoms with Gasteiger partial charge < -0.3 is 9.64 Å². The van der Waals surface area contributed by atoms with E-state index in [1.54, 1.807) is 0 Å². The summed E-state index contributed by atoms with van der Waals surface area (Å²) in [5.41, 5.74) is 1.38. The molecule has 4 unspecified atom stereocenters. The first-order valence-electron chi connectivity index (χ1n) is 10.4. The fraction of sp³-hybridized carbons (Fsp3) is 0.810. The molecule has 0 amide bonds. The SMILES string of the molecule is CCC.CCCC(C)C1C=C2CC(N3CCCC3C(=O)OC)CN2C=N1. The Bertz CT molecular complexity index is 517. The number of rotatable bonds is 5. The number of ether oxygens (including phenoxy) is 1. The molecular formula is C21H37N3O2. The molecule has 26 heavy (non-hydrogen) atoms. The molecule has 2 saturated heterocycles. The van der Waals surface area contributed by atoms with Crippen molar-refractivity contribution in [2.24, 2.45) is 10.9 Å². The average molecular weight is 364 g/mol. The van der Waals surface area contributed by atoms with E-state index < -0.39 is 0 Å². The summed E-state index contributed by atoms with van der Waals surface area (Å²) in [4.78, 5) is 21.3. The van der Waals surface area contributed by atoms with Gasteiger partial charge in [-0.3, -0.25) is 14.7 Å². The van der Waals surface area contributed by atoms with E-state index >= 15 is 0 Å². The van der Waals surface area contributed by atoms with Gasteiger partial charge in [-0.05, 0) is 37.8 Å². The second-order valence-corrected chi connectivity index (χ2v) is 7.82. The number of hydrogen-bond donors (Lipinski definition) is 0. The minimum atomic E-state index is -0.0792. The predicted octanol–water partition coefficient (Wildman–Crippen LogP) is 3.85. The Morgan fingerprint density at radius 2 is 2.12 bits per heavy atom. The first-order chi connectivity index (χ1) is 12.5. The first kappa shape index (κ1) is 20.9. The third kappa shape index (κ3) is 4.87. The summed E-state index contributed by atoms with van der Waals surface area (Å²) < 4.78 is 4.98. The first-order valence-corrected chi connectivity index (χ1v) is 10.4. The number of carbonyl (C=O) groups is 1. The number of fused-ring (bicyclic) bond motifs is 1. The van der Waals surface area contributed by atoms with E-state index in [1.807, 2.05) is 6.34 Å².